The summed E-state index contributed by atoms with van der Waals surface area (Å²) in [5, 5.41) is 4.82. The van der Waals surface area contributed by atoms with Gasteiger partial charge in [-0.05, 0) is 81.6 Å². The number of H-pyrrole nitrogens is 1. The molecule has 7 rings (SSSR count). The third-order valence-corrected chi connectivity index (χ3v) is 8.18. The van der Waals surface area contributed by atoms with Crippen molar-refractivity contribution in [3.63, 3.8) is 0 Å². The van der Waals surface area contributed by atoms with Crippen LogP contribution < -0.4 is 15.0 Å². The maximum Gasteiger partial charge on any atom is 0.319 e. The second kappa shape index (κ2) is 8.71. The average Bonchev–Trinajstić information content (AvgIpc) is 3.57. The van der Waals surface area contributed by atoms with E-state index in [2.05, 4.69) is 68.5 Å². The lowest BCUT2D eigenvalue weighted by molar-refractivity contribution is 0.188. The minimum Gasteiger partial charge on any atom is -0.462 e. The first-order chi connectivity index (χ1) is 17.6. The number of piperazine rings is 1. The first kappa shape index (κ1) is 22.0. The Balaban J connectivity index is 1.28. The maximum absolute atomic E-state index is 6.26. The smallest absolute Gasteiger partial charge is 0.319 e. The van der Waals surface area contributed by atoms with Gasteiger partial charge in [-0.3, -0.25) is 0 Å². The van der Waals surface area contributed by atoms with E-state index in [9.17, 15) is 0 Å². The molecule has 8 heteroatoms. The highest BCUT2D eigenvalue weighted by atomic mass is 16.5. The van der Waals surface area contributed by atoms with Crippen LogP contribution in [0.25, 0.3) is 33.1 Å². The molecule has 0 aliphatic carbocycles. The number of aromatic nitrogens is 4. The van der Waals surface area contributed by atoms with E-state index in [1.165, 1.54) is 19.3 Å². The highest BCUT2D eigenvalue weighted by Crippen LogP contribution is 2.34. The maximum atomic E-state index is 6.26. The molecule has 36 heavy (non-hydrogen) atoms. The molecule has 8 nitrogen and oxygen atoms in total. The first-order valence-corrected chi connectivity index (χ1v) is 13.2. The average molecular weight is 484 g/mol. The van der Waals surface area contributed by atoms with E-state index in [0.717, 1.165) is 70.8 Å². The molecule has 3 aliphatic heterocycles. The highest BCUT2D eigenvalue weighted by molar-refractivity contribution is 5.94. The Bertz CT molecular complexity index is 1420. The van der Waals surface area contributed by atoms with Gasteiger partial charge in [0.15, 0.2) is 0 Å². The number of hydrogen-bond donors (Lipinski definition) is 2. The number of ether oxygens (including phenoxy) is 1. The molecule has 0 radical (unpaired) electrons. The molecule has 2 aromatic heterocycles. The van der Waals surface area contributed by atoms with Gasteiger partial charge in [-0.15, -0.1) is 0 Å². The van der Waals surface area contributed by atoms with E-state index < -0.39 is 0 Å². The van der Waals surface area contributed by atoms with Gasteiger partial charge in [0, 0.05) is 36.6 Å². The molecule has 4 aromatic rings. The monoisotopic (exact) mass is 483 g/mol. The van der Waals surface area contributed by atoms with Gasteiger partial charge in [-0.2, -0.15) is 9.97 Å². The predicted molar refractivity (Wildman–Crippen MR) is 143 cm³/mol. The van der Waals surface area contributed by atoms with Crippen molar-refractivity contribution in [2.24, 2.45) is 0 Å². The van der Waals surface area contributed by atoms with Crippen molar-refractivity contribution in [1.29, 1.82) is 0 Å². The zero-order valence-electron chi connectivity index (χ0n) is 21.0. The first-order valence-electron chi connectivity index (χ1n) is 13.2. The standard InChI is InChI=1S/C28H33N7O/c1-17-29-24-10-6-19(13-26(24)30-17)18-5-9-23-25(12-18)32-28(36-16-22-4-3-11-34(22)2)33-27(23)35-14-20-7-8-21(15-35)31-20/h5-6,9-10,12-13,20-22,31H,3-4,7-8,11,14-16H2,1-2H3,(H,29,30)/t20-,21+,22-/m0/s1. The lowest BCUT2D eigenvalue weighted by atomic mass is 10.0. The number of aromatic amines is 1. The summed E-state index contributed by atoms with van der Waals surface area (Å²) in [6.07, 6.45) is 4.86. The summed E-state index contributed by atoms with van der Waals surface area (Å²) in [4.78, 5) is 22.6. The fourth-order valence-corrected chi connectivity index (χ4v) is 6.22. The van der Waals surface area contributed by atoms with Crippen LogP contribution in [0.1, 0.15) is 31.5 Å². The van der Waals surface area contributed by atoms with Crippen molar-refractivity contribution in [1.82, 2.24) is 30.2 Å². The Morgan fingerprint density at radius 2 is 1.75 bits per heavy atom. The number of benzene rings is 2. The Morgan fingerprint density at radius 3 is 2.56 bits per heavy atom. The summed E-state index contributed by atoms with van der Waals surface area (Å²) in [6, 6.07) is 14.9. The van der Waals surface area contributed by atoms with Crippen LogP contribution in [-0.2, 0) is 0 Å². The van der Waals surface area contributed by atoms with Crippen LogP contribution in [-0.4, -0.2) is 76.3 Å². The number of nitrogens with one attached hydrogen (secondary N) is 2. The van der Waals surface area contributed by atoms with Crippen LogP contribution in [0.4, 0.5) is 5.82 Å². The third kappa shape index (κ3) is 3.98. The minimum absolute atomic E-state index is 0.429. The lowest BCUT2D eigenvalue weighted by Gasteiger charge is -2.34. The SMILES string of the molecule is Cc1nc2ccc(-c3ccc4c(N5C[C@H]6CC[C@@H](C5)N6)nc(OC[C@@H]5CCCN5C)nc4c3)cc2[nH]1. The molecular weight excluding hydrogens is 450 g/mol. The van der Waals surface area contributed by atoms with E-state index in [1.54, 1.807) is 0 Å². The van der Waals surface area contributed by atoms with Gasteiger partial charge in [0.1, 0.15) is 18.2 Å². The Labute approximate surface area is 211 Å². The van der Waals surface area contributed by atoms with Gasteiger partial charge in [0.05, 0.1) is 16.6 Å². The number of hydrogen-bond acceptors (Lipinski definition) is 7. The number of nitrogens with zero attached hydrogens (tertiary/aromatic N) is 5. The zero-order chi connectivity index (χ0) is 24.2. The number of likely N-dealkylation sites (N-methyl/N-ethyl adjacent to an activating group) is 1. The molecule has 0 saturated carbocycles. The Morgan fingerprint density at radius 1 is 0.944 bits per heavy atom. The molecule has 2 aromatic carbocycles. The van der Waals surface area contributed by atoms with Crippen LogP contribution in [0.15, 0.2) is 36.4 Å². The molecule has 3 fully saturated rings. The summed E-state index contributed by atoms with van der Waals surface area (Å²) < 4.78 is 6.26. The number of likely N-dealkylation sites (tertiary alicyclic amines) is 1. The topological polar surface area (TPSA) is 82.2 Å². The Hall–Kier alpha value is -3.23. The molecule has 3 saturated heterocycles. The van der Waals surface area contributed by atoms with Crippen molar-refractivity contribution < 1.29 is 4.74 Å². The normalized spacial score (nSPS) is 24.3. The lowest BCUT2D eigenvalue weighted by Crippen LogP contribution is -2.51. The second-order valence-corrected chi connectivity index (χ2v) is 10.7. The fourth-order valence-electron chi connectivity index (χ4n) is 6.22. The molecule has 3 atom stereocenters. The summed E-state index contributed by atoms with van der Waals surface area (Å²) in [7, 11) is 2.18. The summed E-state index contributed by atoms with van der Waals surface area (Å²) in [5.74, 6) is 1.93. The molecule has 0 unspecified atom stereocenters. The van der Waals surface area contributed by atoms with Gasteiger partial charge >= 0.3 is 6.01 Å². The molecule has 0 amide bonds. The number of anilines is 1. The molecule has 186 valence electrons. The summed E-state index contributed by atoms with van der Waals surface area (Å²) in [5.41, 5.74) is 5.24. The molecule has 2 N–H and O–H groups in total. The van der Waals surface area contributed by atoms with Gasteiger partial charge in [0.25, 0.3) is 0 Å². The number of imidazole rings is 1. The van der Waals surface area contributed by atoms with Gasteiger partial charge in [0.2, 0.25) is 0 Å². The number of aryl methyl sites for hydroxylation is 1. The van der Waals surface area contributed by atoms with Crippen molar-refractivity contribution in [3.05, 3.63) is 42.2 Å². The second-order valence-electron chi connectivity index (χ2n) is 10.7. The quantitative estimate of drug-likeness (QED) is 0.446. The van der Waals surface area contributed by atoms with Gasteiger partial charge in [-0.1, -0.05) is 12.1 Å². The van der Waals surface area contributed by atoms with Crippen LogP contribution in [0.5, 0.6) is 6.01 Å². The van der Waals surface area contributed by atoms with Gasteiger partial charge < -0.3 is 24.8 Å². The fraction of sp³-hybridized carbons (Fsp3) is 0.464. The minimum atomic E-state index is 0.429. The van der Waals surface area contributed by atoms with Crippen molar-refractivity contribution in [3.8, 4) is 17.1 Å². The number of fused-ring (bicyclic) bond motifs is 4. The summed E-state index contributed by atoms with van der Waals surface area (Å²) >= 11 is 0. The molecular formula is C28H33N7O. The van der Waals surface area contributed by atoms with Crippen LogP contribution in [0, 0.1) is 6.92 Å². The number of rotatable bonds is 5. The molecule has 5 heterocycles. The largest absolute Gasteiger partial charge is 0.462 e. The van der Waals surface area contributed by atoms with E-state index in [-0.39, 0.29) is 0 Å². The van der Waals surface area contributed by atoms with Gasteiger partial charge in [-0.25, -0.2) is 4.98 Å². The summed E-state index contributed by atoms with van der Waals surface area (Å²) in [6.45, 7) is 5.70. The molecule has 0 spiro atoms. The van der Waals surface area contributed by atoms with Crippen molar-refractivity contribution in [2.75, 3.05) is 38.2 Å². The van der Waals surface area contributed by atoms with Crippen LogP contribution in [0.3, 0.4) is 0 Å². The zero-order valence-corrected chi connectivity index (χ0v) is 21.0. The molecule has 2 bridgehead atoms. The predicted octanol–water partition coefficient (Wildman–Crippen LogP) is 3.90. The van der Waals surface area contributed by atoms with E-state index >= 15 is 0 Å². The molecule has 3 aliphatic rings. The van der Waals surface area contributed by atoms with Crippen LogP contribution in [0.2, 0.25) is 0 Å². The van der Waals surface area contributed by atoms with E-state index in [1.807, 2.05) is 6.92 Å². The Kier molecular flexibility index (Phi) is 5.32. The van der Waals surface area contributed by atoms with Crippen molar-refractivity contribution >= 4 is 27.8 Å². The van der Waals surface area contributed by atoms with E-state index in [0.29, 0.717) is 30.7 Å². The highest BCUT2D eigenvalue weighted by Gasteiger charge is 2.33. The van der Waals surface area contributed by atoms with E-state index in [4.69, 9.17) is 14.7 Å². The third-order valence-electron chi connectivity index (χ3n) is 8.18. The van der Waals surface area contributed by atoms with Crippen molar-refractivity contribution in [2.45, 2.75) is 50.7 Å². The van der Waals surface area contributed by atoms with Crippen LogP contribution >= 0.6 is 0 Å².